The fraction of sp³-hybridized carbons (Fsp3) is 0.417. The number of hydrogen-bond donors (Lipinski definition) is 1. The van der Waals surface area contributed by atoms with Crippen molar-refractivity contribution in [1.82, 2.24) is 5.32 Å². The summed E-state index contributed by atoms with van der Waals surface area (Å²) in [5, 5.41) is 3.33. The van der Waals surface area contributed by atoms with Gasteiger partial charge in [-0.15, -0.1) is 11.6 Å². The maximum absolute atomic E-state index is 11.8. The van der Waals surface area contributed by atoms with Gasteiger partial charge in [-0.3, -0.25) is 4.79 Å². The molecule has 0 aromatic heterocycles. The zero-order chi connectivity index (χ0) is 12.0. The highest BCUT2D eigenvalue weighted by Gasteiger charge is 2.07. The molecule has 0 aliphatic heterocycles. The van der Waals surface area contributed by atoms with Crippen molar-refractivity contribution in [3.8, 4) is 0 Å². The van der Waals surface area contributed by atoms with Crippen molar-refractivity contribution in [3.63, 3.8) is 0 Å². The number of amides is 1. The van der Waals surface area contributed by atoms with Crippen LogP contribution in [0.3, 0.4) is 0 Å². The van der Waals surface area contributed by atoms with Crippen molar-refractivity contribution in [3.05, 3.63) is 35.4 Å². The van der Waals surface area contributed by atoms with Gasteiger partial charge in [-0.05, 0) is 24.0 Å². The fourth-order valence-electron chi connectivity index (χ4n) is 1.22. The molecule has 1 aromatic rings. The third-order valence-corrected chi connectivity index (χ3v) is 3.58. The van der Waals surface area contributed by atoms with Crippen molar-refractivity contribution < 1.29 is 4.79 Å². The average Bonchev–Trinajstić information content (AvgIpc) is 2.35. The molecule has 88 valence electrons. The molecule has 1 aromatic carbocycles. The second kappa shape index (κ2) is 6.81. The third-order valence-electron chi connectivity index (χ3n) is 2.30. The fourth-order valence-corrected chi connectivity index (χ4v) is 1.63. The van der Waals surface area contributed by atoms with E-state index in [0.29, 0.717) is 23.2 Å². The van der Waals surface area contributed by atoms with Crippen LogP contribution in [0, 0.1) is 0 Å². The van der Waals surface area contributed by atoms with Crippen molar-refractivity contribution in [2.75, 3.05) is 12.8 Å². The Morgan fingerprint density at radius 1 is 1.56 bits per heavy atom. The molecular weight excluding hydrogens is 242 g/mol. The summed E-state index contributed by atoms with van der Waals surface area (Å²) >= 11 is 7.45. The van der Waals surface area contributed by atoms with E-state index in [1.54, 1.807) is 17.8 Å². The number of halogens is 1. The highest BCUT2D eigenvalue weighted by Crippen LogP contribution is 2.08. The minimum atomic E-state index is -0.0344. The van der Waals surface area contributed by atoms with Gasteiger partial charge in [0.1, 0.15) is 0 Å². The molecule has 0 fully saturated rings. The Balaban J connectivity index is 2.58. The van der Waals surface area contributed by atoms with E-state index in [9.17, 15) is 4.79 Å². The molecule has 1 N–H and O–H groups in total. The molecule has 1 rings (SSSR count). The number of carbonyl (C=O) groups is 1. The summed E-state index contributed by atoms with van der Waals surface area (Å²) in [6.07, 6.45) is 2.03. The Hall–Kier alpha value is -0.670. The van der Waals surface area contributed by atoms with Gasteiger partial charge in [-0.1, -0.05) is 19.1 Å². The van der Waals surface area contributed by atoms with E-state index in [0.717, 1.165) is 5.56 Å². The molecule has 0 heterocycles. The van der Waals surface area contributed by atoms with E-state index in [1.165, 1.54) is 0 Å². The van der Waals surface area contributed by atoms with Gasteiger partial charge < -0.3 is 5.32 Å². The summed E-state index contributed by atoms with van der Waals surface area (Å²) in [5.41, 5.74) is 1.64. The molecule has 1 unspecified atom stereocenters. The SMILES string of the molecule is CSC(C)CNC(=O)c1cccc(CCl)c1. The quantitative estimate of drug-likeness (QED) is 0.822. The Morgan fingerprint density at radius 2 is 2.31 bits per heavy atom. The van der Waals surface area contributed by atoms with Crippen LogP contribution < -0.4 is 5.32 Å². The van der Waals surface area contributed by atoms with Crippen molar-refractivity contribution in [1.29, 1.82) is 0 Å². The van der Waals surface area contributed by atoms with E-state index in [2.05, 4.69) is 12.2 Å². The van der Waals surface area contributed by atoms with Crippen LogP contribution in [0.5, 0.6) is 0 Å². The summed E-state index contributed by atoms with van der Waals surface area (Å²) < 4.78 is 0. The summed E-state index contributed by atoms with van der Waals surface area (Å²) in [7, 11) is 0. The minimum absolute atomic E-state index is 0.0344. The number of nitrogens with one attached hydrogen (secondary N) is 1. The second-order valence-corrected chi connectivity index (χ2v) is 5.13. The number of rotatable bonds is 5. The first-order valence-electron chi connectivity index (χ1n) is 5.13. The van der Waals surface area contributed by atoms with Crippen LogP contribution in [0.2, 0.25) is 0 Å². The number of benzene rings is 1. The van der Waals surface area contributed by atoms with E-state index < -0.39 is 0 Å². The van der Waals surface area contributed by atoms with Gasteiger partial charge in [0.15, 0.2) is 0 Å². The standard InChI is InChI=1S/C12H16ClNOS/c1-9(16-2)8-14-12(15)11-5-3-4-10(6-11)7-13/h3-6,9H,7-8H2,1-2H3,(H,14,15). The van der Waals surface area contributed by atoms with Gasteiger partial charge in [-0.25, -0.2) is 0 Å². The van der Waals surface area contributed by atoms with Crippen molar-refractivity contribution in [2.45, 2.75) is 18.1 Å². The highest BCUT2D eigenvalue weighted by atomic mass is 35.5. The lowest BCUT2D eigenvalue weighted by Gasteiger charge is -2.10. The normalized spacial score (nSPS) is 12.2. The number of hydrogen-bond acceptors (Lipinski definition) is 2. The molecule has 16 heavy (non-hydrogen) atoms. The van der Waals surface area contributed by atoms with Crippen LogP contribution in [0.15, 0.2) is 24.3 Å². The second-order valence-electron chi connectivity index (χ2n) is 3.59. The Bertz CT molecular complexity index is 357. The lowest BCUT2D eigenvalue weighted by Crippen LogP contribution is -2.29. The molecule has 0 aliphatic rings. The molecule has 2 nitrogen and oxygen atoms in total. The van der Waals surface area contributed by atoms with Gasteiger partial charge in [0.05, 0.1) is 0 Å². The van der Waals surface area contributed by atoms with Crippen LogP contribution >= 0.6 is 23.4 Å². The minimum Gasteiger partial charge on any atom is -0.351 e. The number of carbonyl (C=O) groups excluding carboxylic acids is 1. The first kappa shape index (κ1) is 13.4. The van der Waals surface area contributed by atoms with Gasteiger partial charge >= 0.3 is 0 Å². The average molecular weight is 258 g/mol. The zero-order valence-corrected chi connectivity index (χ0v) is 11.1. The maximum Gasteiger partial charge on any atom is 0.251 e. The highest BCUT2D eigenvalue weighted by molar-refractivity contribution is 7.99. The van der Waals surface area contributed by atoms with Crippen LogP contribution in [-0.4, -0.2) is 24.0 Å². The van der Waals surface area contributed by atoms with Gasteiger partial charge in [0.2, 0.25) is 0 Å². The number of alkyl halides is 1. The van der Waals surface area contributed by atoms with Crippen LogP contribution in [0.25, 0.3) is 0 Å². The van der Waals surface area contributed by atoms with E-state index in [-0.39, 0.29) is 5.91 Å². The molecule has 4 heteroatoms. The van der Waals surface area contributed by atoms with Crippen LogP contribution in [0.1, 0.15) is 22.8 Å². The smallest absolute Gasteiger partial charge is 0.251 e. The molecule has 0 bridgehead atoms. The molecule has 0 radical (unpaired) electrons. The molecular formula is C12H16ClNOS. The number of thioether (sulfide) groups is 1. The van der Waals surface area contributed by atoms with E-state index in [1.807, 2.05) is 24.5 Å². The first-order chi connectivity index (χ1) is 7.67. The third kappa shape index (κ3) is 4.06. The molecule has 0 spiro atoms. The summed E-state index contributed by atoms with van der Waals surface area (Å²) in [6, 6.07) is 7.39. The lowest BCUT2D eigenvalue weighted by atomic mass is 10.1. The molecule has 0 saturated carbocycles. The van der Waals surface area contributed by atoms with Crippen molar-refractivity contribution >= 4 is 29.3 Å². The predicted molar refractivity (Wildman–Crippen MR) is 71.3 cm³/mol. The predicted octanol–water partition coefficient (Wildman–Crippen LogP) is 2.91. The molecule has 0 aliphatic carbocycles. The Morgan fingerprint density at radius 3 is 2.94 bits per heavy atom. The van der Waals surface area contributed by atoms with Gasteiger partial charge in [0, 0.05) is 23.2 Å². The topological polar surface area (TPSA) is 29.1 Å². The summed E-state index contributed by atoms with van der Waals surface area (Å²) in [6.45, 7) is 2.77. The molecule has 1 amide bonds. The maximum atomic E-state index is 11.8. The van der Waals surface area contributed by atoms with E-state index >= 15 is 0 Å². The zero-order valence-electron chi connectivity index (χ0n) is 9.50. The molecule has 1 atom stereocenters. The van der Waals surface area contributed by atoms with Crippen LogP contribution in [0.4, 0.5) is 0 Å². The molecule has 0 saturated heterocycles. The van der Waals surface area contributed by atoms with Crippen LogP contribution in [-0.2, 0) is 5.88 Å². The summed E-state index contributed by atoms with van der Waals surface area (Å²) in [5.74, 6) is 0.398. The lowest BCUT2D eigenvalue weighted by molar-refractivity contribution is 0.0954. The van der Waals surface area contributed by atoms with E-state index in [4.69, 9.17) is 11.6 Å². The van der Waals surface area contributed by atoms with Crippen molar-refractivity contribution in [2.24, 2.45) is 0 Å². The Labute approximate surface area is 106 Å². The summed E-state index contributed by atoms with van der Waals surface area (Å²) in [4.78, 5) is 11.8. The van der Waals surface area contributed by atoms with Gasteiger partial charge in [0.25, 0.3) is 5.91 Å². The first-order valence-corrected chi connectivity index (χ1v) is 6.95. The largest absolute Gasteiger partial charge is 0.351 e. The monoisotopic (exact) mass is 257 g/mol. The van der Waals surface area contributed by atoms with Gasteiger partial charge in [-0.2, -0.15) is 11.8 Å². The Kier molecular flexibility index (Phi) is 5.71.